The minimum Gasteiger partial charge on any atom is -0.493 e. The highest BCUT2D eigenvalue weighted by Crippen LogP contribution is 2.20. The second kappa shape index (κ2) is 11.3. The number of ether oxygens (including phenoxy) is 2. The zero-order valence-electron chi connectivity index (χ0n) is 16.2. The van der Waals surface area contributed by atoms with E-state index in [1.807, 2.05) is 30.5 Å². The van der Waals surface area contributed by atoms with E-state index < -0.39 is 0 Å². The van der Waals surface area contributed by atoms with Gasteiger partial charge in [-0.1, -0.05) is 31.9 Å². The molecule has 0 atom stereocenters. The summed E-state index contributed by atoms with van der Waals surface area (Å²) in [6, 6.07) is 6.01. The monoisotopic (exact) mass is 389 g/mol. The molecule has 0 aliphatic rings. The van der Waals surface area contributed by atoms with Crippen LogP contribution in [0.2, 0.25) is 0 Å². The van der Waals surface area contributed by atoms with Gasteiger partial charge in [0.2, 0.25) is 5.13 Å². The van der Waals surface area contributed by atoms with E-state index >= 15 is 0 Å². The van der Waals surface area contributed by atoms with Crippen molar-refractivity contribution >= 4 is 28.7 Å². The second-order valence-electron chi connectivity index (χ2n) is 6.08. The Morgan fingerprint density at radius 3 is 2.96 bits per heavy atom. The minimum atomic E-state index is -0.274. The zero-order chi connectivity index (χ0) is 19.5. The number of benzene rings is 1. The summed E-state index contributed by atoms with van der Waals surface area (Å²) >= 11 is 1.40. The molecule has 2 rings (SSSR count). The number of carbonyl (C=O) groups excluding carboxylic acids is 1. The van der Waals surface area contributed by atoms with Crippen molar-refractivity contribution in [1.82, 2.24) is 4.98 Å². The number of unbranched alkanes of at least 4 members (excludes halogenated alkanes) is 2. The molecule has 0 fully saturated rings. The van der Waals surface area contributed by atoms with Gasteiger partial charge in [-0.3, -0.25) is 10.2 Å². The molecule has 0 radical (unpaired) electrons. The third kappa shape index (κ3) is 7.38. The number of thiazole rings is 1. The first-order valence-corrected chi connectivity index (χ1v) is 10.1. The van der Waals surface area contributed by atoms with Crippen LogP contribution in [0.25, 0.3) is 0 Å². The number of rotatable bonds is 11. The molecule has 1 N–H and O–H groups in total. The Labute approximate surface area is 164 Å². The van der Waals surface area contributed by atoms with Gasteiger partial charge in [-0.2, -0.15) is 5.10 Å². The predicted octanol–water partition coefficient (Wildman–Crippen LogP) is 4.57. The van der Waals surface area contributed by atoms with Crippen molar-refractivity contribution in [2.24, 2.45) is 5.10 Å². The molecule has 2 aromatic rings. The van der Waals surface area contributed by atoms with Crippen LogP contribution in [0.1, 0.15) is 49.9 Å². The van der Waals surface area contributed by atoms with Gasteiger partial charge in [0.25, 0.3) is 0 Å². The number of hydrogen-bond acceptors (Lipinski definition) is 7. The highest BCUT2D eigenvalue weighted by molar-refractivity contribution is 7.13. The van der Waals surface area contributed by atoms with Crippen molar-refractivity contribution in [3.05, 3.63) is 40.4 Å². The first-order valence-electron chi connectivity index (χ1n) is 9.25. The molecular formula is C20H27N3O3S. The molecule has 0 saturated carbocycles. The molecule has 1 aromatic carbocycles. The molecular weight excluding hydrogens is 362 g/mol. The van der Waals surface area contributed by atoms with E-state index in [9.17, 15) is 4.79 Å². The summed E-state index contributed by atoms with van der Waals surface area (Å²) in [5.74, 6) is 0.616. The van der Waals surface area contributed by atoms with Crippen molar-refractivity contribution < 1.29 is 14.3 Å². The topological polar surface area (TPSA) is 72.8 Å². The maximum absolute atomic E-state index is 11.5. The molecule has 1 heterocycles. The first kappa shape index (κ1) is 20.9. The molecule has 0 amide bonds. The highest BCUT2D eigenvalue weighted by Gasteiger charge is 2.08. The third-order valence-electron chi connectivity index (χ3n) is 3.77. The highest BCUT2D eigenvalue weighted by atomic mass is 32.1. The van der Waals surface area contributed by atoms with Crippen LogP contribution in [0, 0.1) is 6.92 Å². The summed E-state index contributed by atoms with van der Waals surface area (Å²) in [6.07, 6.45) is 5.32. The fourth-order valence-electron chi connectivity index (χ4n) is 2.35. The van der Waals surface area contributed by atoms with Crippen LogP contribution in [0.5, 0.6) is 5.75 Å². The number of anilines is 1. The lowest BCUT2D eigenvalue weighted by atomic mass is 10.1. The van der Waals surface area contributed by atoms with Gasteiger partial charge < -0.3 is 9.47 Å². The van der Waals surface area contributed by atoms with Crippen LogP contribution in [-0.2, 0) is 16.0 Å². The number of hydrazone groups is 1. The van der Waals surface area contributed by atoms with Gasteiger partial charge in [-0.15, -0.1) is 11.3 Å². The molecule has 0 unspecified atom stereocenters. The van der Waals surface area contributed by atoms with E-state index in [0.29, 0.717) is 17.4 Å². The molecule has 1 aromatic heterocycles. The summed E-state index contributed by atoms with van der Waals surface area (Å²) in [7, 11) is 0. The van der Waals surface area contributed by atoms with Gasteiger partial charge in [0.05, 0.1) is 31.5 Å². The number of hydrogen-bond donors (Lipinski definition) is 1. The van der Waals surface area contributed by atoms with E-state index in [1.54, 1.807) is 13.1 Å². The van der Waals surface area contributed by atoms with Crippen molar-refractivity contribution in [3.63, 3.8) is 0 Å². The van der Waals surface area contributed by atoms with E-state index in [2.05, 4.69) is 22.4 Å². The van der Waals surface area contributed by atoms with Crippen LogP contribution >= 0.6 is 11.3 Å². The quantitative estimate of drug-likeness (QED) is 0.264. The van der Waals surface area contributed by atoms with E-state index in [-0.39, 0.29) is 12.4 Å². The van der Waals surface area contributed by atoms with Gasteiger partial charge in [0, 0.05) is 5.38 Å². The average Bonchev–Trinajstić information content (AvgIpc) is 3.08. The summed E-state index contributed by atoms with van der Waals surface area (Å²) in [4.78, 5) is 15.8. The Hall–Kier alpha value is -2.41. The maximum Gasteiger partial charge on any atom is 0.311 e. The first-order chi connectivity index (χ1) is 13.1. The molecule has 0 saturated heterocycles. The Bertz CT molecular complexity index is 759. The zero-order valence-corrected chi connectivity index (χ0v) is 17.0. The standard InChI is InChI=1S/C20H27N3O3S/c1-4-6-7-10-26-18-11-16(9-8-15(18)3)13-21-23-20-22-17(14-27-20)12-19(24)25-5-2/h8-9,11,13-14H,4-7,10,12H2,1-3H3,(H,22,23). The summed E-state index contributed by atoms with van der Waals surface area (Å²) in [5.41, 5.74) is 5.63. The van der Waals surface area contributed by atoms with Crippen LogP contribution in [0.3, 0.4) is 0 Å². The van der Waals surface area contributed by atoms with Gasteiger partial charge in [-0.25, -0.2) is 4.98 Å². The van der Waals surface area contributed by atoms with E-state index in [4.69, 9.17) is 9.47 Å². The van der Waals surface area contributed by atoms with Crippen LogP contribution in [-0.4, -0.2) is 30.4 Å². The fraction of sp³-hybridized carbons (Fsp3) is 0.450. The Balaban J connectivity index is 1.88. The molecule has 0 aliphatic carbocycles. The number of aryl methyl sites for hydroxylation is 1. The van der Waals surface area contributed by atoms with Crippen LogP contribution in [0.15, 0.2) is 28.7 Å². The summed E-state index contributed by atoms with van der Waals surface area (Å²) in [6.45, 7) is 7.11. The van der Waals surface area contributed by atoms with Gasteiger partial charge in [0.15, 0.2) is 0 Å². The second-order valence-corrected chi connectivity index (χ2v) is 6.93. The molecule has 0 bridgehead atoms. The number of nitrogens with one attached hydrogen (secondary N) is 1. The Morgan fingerprint density at radius 2 is 2.19 bits per heavy atom. The normalized spacial score (nSPS) is 10.9. The molecule has 27 heavy (non-hydrogen) atoms. The van der Waals surface area contributed by atoms with E-state index in [0.717, 1.165) is 29.9 Å². The third-order valence-corrected chi connectivity index (χ3v) is 4.57. The van der Waals surface area contributed by atoms with Crippen LogP contribution < -0.4 is 10.2 Å². The number of aromatic nitrogens is 1. The van der Waals surface area contributed by atoms with Gasteiger partial charge in [-0.05, 0) is 37.5 Å². The van der Waals surface area contributed by atoms with Crippen molar-refractivity contribution in [3.8, 4) is 5.75 Å². The number of carbonyl (C=O) groups is 1. The van der Waals surface area contributed by atoms with Crippen molar-refractivity contribution in [1.29, 1.82) is 0 Å². The largest absolute Gasteiger partial charge is 0.493 e. The molecule has 7 heteroatoms. The van der Waals surface area contributed by atoms with Gasteiger partial charge >= 0.3 is 5.97 Å². The molecule has 0 spiro atoms. The molecule has 6 nitrogen and oxygen atoms in total. The molecule has 0 aliphatic heterocycles. The molecule has 146 valence electrons. The van der Waals surface area contributed by atoms with Crippen molar-refractivity contribution in [2.75, 3.05) is 18.6 Å². The Morgan fingerprint density at radius 1 is 1.33 bits per heavy atom. The lowest BCUT2D eigenvalue weighted by Crippen LogP contribution is -2.07. The number of esters is 1. The lowest BCUT2D eigenvalue weighted by Gasteiger charge is -2.09. The van der Waals surface area contributed by atoms with Gasteiger partial charge in [0.1, 0.15) is 5.75 Å². The number of nitrogens with zero attached hydrogens (tertiary/aromatic N) is 2. The minimum absolute atomic E-state index is 0.173. The predicted molar refractivity (Wildman–Crippen MR) is 110 cm³/mol. The lowest BCUT2D eigenvalue weighted by molar-refractivity contribution is -0.142. The average molecular weight is 390 g/mol. The smallest absolute Gasteiger partial charge is 0.311 e. The van der Waals surface area contributed by atoms with Crippen molar-refractivity contribution in [2.45, 2.75) is 46.5 Å². The summed E-state index contributed by atoms with van der Waals surface area (Å²) < 4.78 is 10.8. The summed E-state index contributed by atoms with van der Waals surface area (Å²) in [5, 5.41) is 6.68. The van der Waals surface area contributed by atoms with E-state index in [1.165, 1.54) is 24.2 Å². The maximum atomic E-state index is 11.5. The van der Waals surface area contributed by atoms with Crippen LogP contribution in [0.4, 0.5) is 5.13 Å². The SMILES string of the molecule is CCCCCOc1cc(C=NNc2nc(CC(=O)OCC)cs2)ccc1C. The fourth-order valence-corrected chi connectivity index (χ4v) is 3.01. The Kier molecular flexibility index (Phi) is 8.77.